The Balaban J connectivity index is 1.58. The van der Waals surface area contributed by atoms with E-state index >= 15 is 0 Å². The number of ether oxygens (including phenoxy) is 1. The van der Waals surface area contributed by atoms with Crippen LogP contribution in [-0.4, -0.2) is 45.4 Å². The van der Waals surface area contributed by atoms with Gasteiger partial charge in [-0.1, -0.05) is 48.1 Å². The standard InChI is InChI=1S/C26H30ClN3O3S/c1-4-20-18(14-30-12-6-8-19(15-30)26(31)32)7-5-9-21(20)25-29-28-24(34-25)17-10-11-23(22(27)13-17)33-16(2)3/h5,7,9-11,13,16,19H,4,6,8,12,14-15H2,1-3H3,(H,31,32). The molecule has 1 aromatic heterocycles. The molecule has 1 N–H and O–H groups in total. The molecule has 1 aliphatic heterocycles. The largest absolute Gasteiger partial charge is 0.489 e. The van der Waals surface area contributed by atoms with Gasteiger partial charge in [-0.15, -0.1) is 10.2 Å². The van der Waals surface area contributed by atoms with Crippen LogP contribution in [0.2, 0.25) is 5.02 Å². The van der Waals surface area contributed by atoms with Gasteiger partial charge >= 0.3 is 5.97 Å². The number of halogens is 1. The van der Waals surface area contributed by atoms with E-state index in [0.717, 1.165) is 53.5 Å². The van der Waals surface area contributed by atoms with E-state index in [2.05, 4.69) is 40.2 Å². The number of carboxylic acids is 1. The normalized spacial score (nSPS) is 16.7. The number of aromatic nitrogens is 2. The molecule has 3 aromatic rings. The first-order valence-corrected chi connectivity index (χ1v) is 12.9. The lowest BCUT2D eigenvalue weighted by Gasteiger charge is -2.31. The van der Waals surface area contributed by atoms with Crippen molar-refractivity contribution in [1.82, 2.24) is 15.1 Å². The molecule has 0 saturated carbocycles. The number of likely N-dealkylation sites (tertiary alicyclic amines) is 1. The summed E-state index contributed by atoms with van der Waals surface area (Å²) in [5, 5.41) is 20.6. The first-order valence-electron chi connectivity index (χ1n) is 11.7. The summed E-state index contributed by atoms with van der Waals surface area (Å²) in [6, 6.07) is 12.0. The molecule has 2 heterocycles. The lowest BCUT2D eigenvalue weighted by molar-refractivity contribution is -0.143. The van der Waals surface area contributed by atoms with Crippen molar-refractivity contribution in [3.63, 3.8) is 0 Å². The molecule has 6 nitrogen and oxygen atoms in total. The van der Waals surface area contributed by atoms with E-state index in [1.807, 2.05) is 32.0 Å². The van der Waals surface area contributed by atoms with E-state index in [0.29, 0.717) is 17.3 Å². The number of hydrogen-bond donors (Lipinski definition) is 1. The van der Waals surface area contributed by atoms with Crippen molar-refractivity contribution in [2.24, 2.45) is 5.92 Å². The summed E-state index contributed by atoms with van der Waals surface area (Å²) in [5.74, 6) is -0.315. The van der Waals surface area contributed by atoms with Crippen LogP contribution in [0.5, 0.6) is 5.75 Å². The number of hydrogen-bond acceptors (Lipinski definition) is 6. The number of carboxylic acid groups (broad SMARTS) is 1. The molecule has 0 amide bonds. The molecule has 2 aromatic carbocycles. The van der Waals surface area contributed by atoms with E-state index in [9.17, 15) is 9.90 Å². The fourth-order valence-electron chi connectivity index (χ4n) is 4.47. The third-order valence-electron chi connectivity index (χ3n) is 6.07. The van der Waals surface area contributed by atoms with Crippen molar-refractivity contribution < 1.29 is 14.6 Å². The Labute approximate surface area is 209 Å². The van der Waals surface area contributed by atoms with Crippen molar-refractivity contribution in [2.75, 3.05) is 13.1 Å². The third kappa shape index (κ3) is 5.59. The molecular weight excluding hydrogens is 470 g/mol. The van der Waals surface area contributed by atoms with E-state index in [4.69, 9.17) is 16.3 Å². The van der Waals surface area contributed by atoms with Crippen LogP contribution < -0.4 is 4.74 Å². The van der Waals surface area contributed by atoms with Gasteiger partial charge in [0.25, 0.3) is 0 Å². The van der Waals surface area contributed by atoms with Gasteiger partial charge in [-0.2, -0.15) is 0 Å². The van der Waals surface area contributed by atoms with Gasteiger partial charge in [0, 0.05) is 24.2 Å². The smallest absolute Gasteiger partial charge is 0.307 e. The summed E-state index contributed by atoms with van der Waals surface area (Å²) >= 11 is 7.97. The Bertz CT molecular complexity index is 1160. The minimum Gasteiger partial charge on any atom is -0.489 e. The highest BCUT2D eigenvalue weighted by atomic mass is 35.5. The number of nitrogens with zero attached hydrogens (tertiary/aromatic N) is 3. The van der Waals surface area contributed by atoms with E-state index in [-0.39, 0.29) is 12.0 Å². The molecule has 1 unspecified atom stereocenters. The van der Waals surface area contributed by atoms with Gasteiger partial charge in [-0.3, -0.25) is 9.69 Å². The van der Waals surface area contributed by atoms with E-state index < -0.39 is 5.97 Å². The fourth-order valence-corrected chi connectivity index (χ4v) is 5.59. The van der Waals surface area contributed by atoms with Gasteiger partial charge in [-0.25, -0.2) is 0 Å². The van der Waals surface area contributed by atoms with E-state index in [1.165, 1.54) is 11.1 Å². The number of aliphatic carboxylic acids is 1. The maximum absolute atomic E-state index is 11.5. The van der Waals surface area contributed by atoms with Gasteiger partial charge in [0.15, 0.2) is 0 Å². The molecule has 0 spiro atoms. The quantitative estimate of drug-likeness (QED) is 0.399. The lowest BCUT2D eigenvalue weighted by atomic mass is 9.95. The summed E-state index contributed by atoms with van der Waals surface area (Å²) in [6.45, 7) is 8.36. The molecule has 34 heavy (non-hydrogen) atoms. The summed E-state index contributed by atoms with van der Waals surface area (Å²) in [5.41, 5.74) is 4.45. The molecule has 0 radical (unpaired) electrons. The van der Waals surface area contributed by atoms with Crippen LogP contribution in [0.3, 0.4) is 0 Å². The maximum atomic E-state index is 11.5. The van der Waals surface area contributed by atoms with Crippen molar-refractivity contribution in [1.29, 1.82) is 0 Å². The van der Waals surface area contributed by atoms with Gasteiger partial charge in [0.2, 0.25) is 0 Å². The molecule has 8 heteroatoms. The minimum atomic E-state index is -0.695. The van der Waals surface area contributed by atoms with Crippen LogP contribution in [0.15, 0.2) is 36.4 Å². The molecule has 1 saturated heterocycles. The molecule has 1 fully saturated rings. The second-order valence-electron chi connectivity index (χ2n) is 8.93. The Morgan fingerprint density at radius 1 is 1.26 bits per heavy atom. The van der Waals surface area contributed by atoms with E-state index in [1.54, 1.807) is 11.3 Å². The van der Waals surface area contributed by atoms with Gasteiger partial charge in [-0.05, 0) is 69.0 Å². The zero-order chi connectivity index (χ0) is 24.2. The summed E-state index contributed by atoms with van der Waals surface area (Å²) in [7, 11) is 0. The molecule has 0 bridgehead atoms. The summed E-state index contributed by atoms with van der Waals surface area (Å²) in [6.07, 6.45) is 2.59. The van der Waals surface area contributed by atoms with Crippen LogP contribution in [-0.2, 0) is 17.8 Å². The number of rotatable bonds is 8. The fraction of sp³-hybridized carbons (Fsp3) is 0.423. The number of carbonyl (C=O) groups is 1. The Hall–Kier alpha value is -2.48. The molecular formula is C26H30ClN3O3S. The van der Waals surface area contributed by atoms with Gasteiger partial charge in [0.1, 0.15) is 15.8 Å². The highest BCUT2D eigenvalue weighted by molar-refractivity contribution is 7.17. The number of piperidine rings is 1. The number of benzene rings is 2. The predicted molar refractivity (Wildman–Crippen MR) is 137 cm³/mol. The van der Waals surface area contributed by atoms with Crippen LogP contribution in [0.4, 0.5) is 0 Å². The first-order chi connectivity index (χ1) is 16.4. The molecule has 1 aliphatic rings. The Morgan fingerprint density at radius 2 is 2.06 bits per heavy atom. The van der Waals surface area contributed by atoms with Gasteiger partial charge < -0.3 is 9.84 Å². The highest BCUT2D eigenvalue weighted by Crippen LogP contribution is 2.36. The van der Waals surface area contributed by atoms with Crippen LogP contribution >= 0.6 is 22.9 Å². The first kappa shape index (κ1) is 24.6. The lowest BCUT2D eigenvalue weighted by Crippen LogP contribution is -2.38. The SMILES string of the molecule is CCc1c(CN2CCCC(C(=O)O)C2)cccc1-c1nnc(-c2ccc(OC(C)C)c(Cl)c2)s1. The average Bonchev–Trinajstić information content (AvgIpc) is 3.30. The zero-order valence-electron chi connectivity index (χ0n) is 19.8. The Morgan fingerprint density at radius 3 is 2.76 bits per heavy atom. The predicted octanol–water partition coefficient (Wildman–Crippen LogP) is 6.17. The van der Waals surface area contributed by atoms with Crippen LogP contribution in [0.25, 0.3) is 21.1 Å². The summed E-state index contributed by atoms with van der Waals surface area (Å²) in [4.78, 5) is 13.7. The van der Waals surface area contributed by atoms with Crippen molar-refractivity contribution in [2.45, 2.75) is 52.7 Å². The Kier molecular flexibility index (Phi) is 7.86. The highest BCUT2D eigenvalue weighted by Gasteiger charge is 2.26. The van der Waals surface area contributed by atoms with Gasteiger partial charge in [0.05, 0.1) is 17.0 Å². The minimum absolute atomic E-state index is 0.0520. The second-order valence-corrected chi connectivity index (χ2v) is 10.3. The molecule has 0 aliphatic carbocycles. The monoisotopic (exact) mass is 499 g/mol. The summed E-state index contributed by atoms with van der Waals surface area (Å²) < 4.78 is 5.73. The second kappa shape index (κ2) is 10.8. The van der Waals surface area contributed by atoms with Crippen molar-refractivity contribution in [3.8, 4) is 26.9 Å². The topological polar surface area (TPSA) is 75.6 Å². The van der Waals surface area contributed by atoms with Crippen molar-refractivity contribution in [3.05, 3.63) is 52.5 Å². The molecule has 1 atom stereocenters. The van der Waals surface area contributed by atoms with Crippen LogP contribution in [0, 0.1) is 5.92 Å². The van der Waals surface area contributed by atoms with Crippen LogP contribution in [0.1, 0.15) is 44.7 Å². The van der Waals surface area contributed by atoms with Crippen molar-refractivity contribution >= 4 is 28.9 Å². The molecule has 4 rings (SSSR count). The zero-order valence-corrected chi connectivity index (χ0v) is 21.3. The maximum Gasteiger partial charge on any atom is 0.307 e. The third-order valence-corrected chi connectivity index (χ3v) is 7.37. The molecule has 180 valence electrons. The average molecular weight is 500 g/mol.